The van der Waals surface area contributed by atoms with Crippen LogP contribution in [0.1, 0.15) is 26.3 Å². The van der Waals surface area contributed by atoms with Crippen LogP contribution in [0.5, 0.6) is 0 Å². The monoisotopic (exact) mass is 222 g/mol. The van der Waals surface area contributed by atoms with Gasteiger partial charge in [0, 0.05) is 11.1 Å². The third kappa shape index (κ3) is 1.27. The molecule has 1 aliphatic rings. The van der Waals surface area contributed by atoms with E-state index >= 15 is 0 Å². The lowest BCUT2D eigenvalue weighted by molar-refractivity contribution is 0.0815. The molecule has 0 radical (unpaired) electrons. The van der Waals surface area contributed by atoms with E-state index in [0.717, 1.165) is 16.7 Å². The van der Waals surface area contributed by atoms with E-state index in [2.05, 4.69) is 0 Å². The second-order valence-corrected chi connectivity index (χ2v) is 4.20. The van der Waals surface area contributed by atoms with Gasteiger partial charge in [-0.05, 0) is 23.6 Å². The molecule has 0 atom stereocenters. The third-order valence-electron chi connectivity index (χ3n) is 3.17. The van der Waals surface area contributed by atoms with E-state index < -0.39 is 11.6 Å². The molecule has 2 aromatic carbocycles. The summed E-state index contributed by atoms with van der Waals surface area (Å²) in [6.07, 6.45) is 0. The Morgan fingerprint density at radius 1 is 0.706 bits per heavy atom. The van der Waals surface area contributed by atoms with Gasteiger partial charge in [-0.1, -0.05) is 42.5 Å². The zero-order valence-corrected chi connectivity index (χ0v) is 9.36. The third-order valence-corrected chi connectivity index (χ3v) is 3.17. The van der Waals surface area contributed by atoms with Crippen molar-refractivity contribution in [1.82, 2.24) is 0 Å². The predicted molar refractivity (Wildman–Crippen MR) is 65.3 cm³/mol. The van der Waals surface area contributed by atoms with Crippen LogP contribution in [0.15, 0.2) is 42.5 Å². The lowest BCUT2D eigenvalue weighted by Gasteiger charge is -2.19. The second-order valence-electron chi connectivity index (χ2n) is 4.20. The van der Waals surface area contributed by atoms with Gasteiger partial charge in [0.1, 0.15) is 0 Å². The molecule has 0 aliphatic heterocycles. The van der Waals surface area contributed by atoms with Crippen molar-refractivity contribution in [2.45, 2.75) is 6.92 Å². The minimum absolute atomic E-state index is 0.392. The SMILES string of the molecule is Cc1cccc2c1C(=O)C(=O)c1ccccc1-2. The van der Waals surface area contributed by atoms with E-state index in [-0.39, 0.29) is 0 Å². The van der Waals surface area contributed by atoms with Crippen molar-refractivity contribution >= 4 is 11.6 Å². The lowest BCUT2D eigenvalue weighted by Crippen LogP contribution is -2.22. The van der Waals surface area contributed by atoms with Gasteiger partial charge in [0.15, 0.2) is 0 Å². The molecule has 0 saturated heterocycles. The van der Waals surface area contributed by atoms with Crippen LogP contribution in [0, 0.1) is 6.92 Å². The van der Waals surface area contributed by atoms with Gasteiger partial charge in [-0.15, -0.1) is 0 Å². The van der Waals surface area contributed by atoms with Crippen LogP contribution in [0.2, 0.25) is 0 Å². The molecule has 0 aromatic heterocycles. The fourth-order valence-electron chi connectivity index (χ4n) is 2.35. The first-order valence-electron chi connectivity index (χ1n) is 5.48. The molecule has 0 amide bonds. The number of hydrogen-bond acceptors (Lipinski definition) is 2. The van der Waals surface area contributed by atoms with E-state index in [1.54, 1.807) is 12.1 Å². The largest absolute Gasteiger partial charge is 0.285 e. The van der Waals surface area contributed by atoms with Crippen LogP contribution in [-0.4, -0.2) is 11.6 Å². The Kier molecular flexibility index (Phi) is 1.99. The smallest absolute Gasteiger partial charge is 0.234 e. The molecule has 0 N–H and O–H groups in total. The normalized spacial score (nSPS) is 13.2. The van der Waals surface area contributed by atoms with Gasteiger partial charge in [-0.2, -0.15) is 0 Å². The molecular formula is C15H10O2. The van der Waals surface area contributed by atoms with Crippen molar-refractivity contribution in [2.75, 3.05) is 0 Å². The van der Waals surface area contributed by atoms with E-state index in [1.165, 1.54) is 0 Å². The maximum Gasteiger partial charge on any atom is 0.234 e. The molecule has 0 heterocycles. The number of benzene rings is 2. The molecule has 0 spiro atoms. The summed E-state index contributed by atoms with van der Waals surface area (Å²) in [7, 11) is 0. The number of hydrogen-bond donors (Lipinski definition) is 0. The molecular weight excluding hydrogens is 212 g/mol. The average molecular weight is 222 g/mol. The van der Waals surface area contributed by atoms with Gasteiger partial charge >= 0.3 is 0 Å². The highest BCUT2D eigenvalue weighted by Crippen LogP contribution is 2.34. The number of Topliss-reactive ketones (excluding diaryl/α,β-unsaturated/α-hetero) is 2. The van der Waals surface area contributed by atoms with Crippen LogP contribution < -0.4 is 0 Å². The summed E-state index contributed by atoms with van der Waals surface area (Å²) in [4.78, 5) is 24.0. The Labute approximate surface area is 98.9 Å². The van der Waals surface area contributed by atoms with Crippen molar-refractivity contribution in [1.29, 1.82) is 0 Å². The number of rotatable bonds is 0. The number of fused-ring (bicyclic) bond motifs is 3. The summed E-state index contributed by atoms with van der Waals surface area (Å²) in [6.45, 7) is 1.86. The highest BCUT2D eigenvalue weighted by molar-refractivity contribution is 6.53. The molecule has 2 nitrogen and oxygen atoms in total. The van der Waals surface area contributed by atoms with Gasteiger partial charge in [-0.3, -0.25) is 9.59 Å². The minimum atomic E-state index is -0.401. The molecule has 82 valence electrons. The van der Waals surface area contributed by atoms with E-state index in [1.807, 2.05) is 37.3 Å². The topological polar surface area (TPSA) is 34.1 Å². The second kappa shape index (κ2) is 3.39. The molecule has 0 saturated carbocycles. The molecule has 2 aromatic rings. The number of carbonyl (C=O) groups is 2. The van der Waals surface area contributed by atoms with E-state index in [9.17, 15) is 9.59 Å². The van der Waals surface area contributed by atoms with Crippen molar-refractivity contribution in [2.24, 2.45) is 0 Å². The highest BCUT2D eigenvalue weighted by atomic mass is 16.2. The molecule has 17 heavy (non-hydrogen) atoms. The maximum atomic E-state index is 12.1. The first-order valence-corrected chi connectivity index (χ1v) is 5.48. The Bertz CT molecular complexity index is 654. The van der Waals surface area contributed by atoms with E-state index in [0.29, 0.717) is 11.1 Å². The molecule has 0 bridgehead atoms. The molecule has 1 aliphatic carbocycles. The van der Waals surface area contributed by atoms with Crippen molar-refractivity contribution in [3.8, 4) is 11.1 Å². The fourth-order valence-corrected chi connectivity index (χ4v) is 2.35. The quantitative estimate of drug-likeness (QED) is 0.642. The first-order chi connectivity index (χ1) is 8.20. The zero-order chi connectivity index (χ0) is 12.0. The first kappa shape index (κ1) is 9.97. The number of ketones is 2. The van der Waals surface area contributed by atoms with Crippen LogP contribution in [0.4, 0.5) is 0 Å². The summed E-state index contributed by atoms with van der Waals surface area (Å²) in [5, 5.41) is 0. The van der Waals surface area contributed by atoms with Crippen molar-refractivity contribution in [3.05, 3.63) is 59.2 Å². The molecule has 0 fully saturated rings. The van der Waals surface area contributed by atoms with Crippen molar-refractivity contribution < 1.29 is 9.59 Å². The van der Waals surface area contributed by atoms with Crippen LogP contribution in [0.25, 0.3) is 11.1 Å². The summed E-state index contributed by atoms with van der Waals surface area (Å²) in [5.74, 6) is -0.792. The van der Waals surface area contributed by atoms with Crippen LogP contribution in [0.3, 0.4) is 0 Å². The molecule has 2 heteroatoms. The Morgan fingerprint density at radius 2 is 1.35 bits per heavy atom. The highest BCUT2D eigenvalue weighted by Gasteiger charge is 2.30. The predicted octanol–water partition coefficient (Wildman–Crippen LogP) is 3.04. The average Bonchev–Trinajstić information content (AvgIpc) is 2.36. The molecule has 0 unspecified atom stereocenters. The summed E-state index contributed by atoms with van der Waals surface area (Å²) < 4.78 is 0. The van der Waals surface area contributed by atoms with E-state index in [4.69, 9.17) is 0 Å². The summed E-state index contributed by atoms with van der Waals surface area (Å²) in [6, 6.07) is 12.9. The van der Waals surface area contributed by atoms with Crippen molar-refractivity contribution in [3.63, 3.8) is 0 Å². The molecule has 3 rings (SSSR count). The maximum absolute atomic E-state index is 12.1. The Hall–Kier alpha value is -2.22. The minimum Gasteiger partial charge on any atom is -0.285 e. The lowest BCUT2D eigenvalue weighted by atomic mass is 9.82. The van der Waals surface area contributed by atoms with Gasteiger partial charge in [-0.25, -0.2) is 0 Å². The number of aryl methyl sites for hydroxylation is 1. The standard InChI is InChI=1S/C15H10O2/c1-9-5-4-8-11-10-6-2-3-7-12(10)14(16)15(17)13(9)11/h2-8H,1H3. The fraction of sp³-hybridized carbons (Fsp3) is 0.0667. The summed E-state index contributed by atoms with van der Waals surface area (Å²) in [5.41, 5.74) is 3.64. The van der Waals surface area contributed by atoms with Gasteiger partial charge < -0.3 is 0 Å². The van der Waals surface area contributed by atoms with Gasteiger partial charge in [0.05, 0.1) is 0 Å². The van der Waals surface area contributed by atoms with Gasteiger partial charge in [0.25, 0.3) is 0 Å². The van der Waals surface area contributed by atoms with Crippen LogP contribution in [-0.2, 0) is 0 Å². The van der Waals surface area contributed by atoms with Gasteiger partial charge in [0.2, 0.25) is 11.6 Å². The number of carbonyl (C=O) groups excluding carboxylic acids is 2. The Morgan fingerprint density at radius 3 is 2.12 bits per heavy atom. The zero-order valence-electron chi connectivity index (χ0n) is 9.36. The summed E-state index contributed by atoms with van der Waals surface area (Å²) >= 11 is 0. The van der Waals surface area contributed by atoms with Crippen LogP contribution >= 0.6 is 0 Å². The Balaban J connectivity index is 2.44.